The molecule has 2 aromatic rings. The number of nitrogens with zero attached hydrogens (tertiary/aromatic N) is 2. The minimum absolute atomic E-state index is 0.0878. The predicted molar refractivity (Wildman–Crippen MR) is 67.8 cm³/mol. The number of hydrogen-bond donors (Lipinski definition) is 2. The zero-order valence-electron chi connectivity index (χ0n) is 9.51. The van der Waals surface area contributed by atoms with Crippen molar-refractivity contribution < 1.29 is 9.90 Å². The second-order valence-electron chi connectivity index (χ2n) is 3.68. The van der Waals surface area contributed by atoms with E-state index in [1.165, 1.54) is 18.2 Å². The summed E-state index contributed by atoms with van der Waals surface area (Å²) >= 11 is 5.77. The van der Waals surface area contributed by atoms with E-state index in [0.717, 1.165) is 5.69 Å². The largest absolute Gasteiger partial charge is 0.507 e. The minimum atomic E-state index is -0.492. The summed E-state index contributed by atoms with van der Waals surface area (Å²) in [5, 5.41) is 20.1. The van der Waals surface area contributed by atoms with Crippen molar-refractivity contribution in [1.29, 1.82) is 0 Å². The standard InChI is InChI=1S/C12H10ClN3O2/c1-7-2-5-11(16-15-7)14-12(18)9-6-8(13)3-4-10(9)17/h2-6,17H,1H3,(H,14,16,18). The van der Waals surface area contributed by atoms with Crippen LogP contribution in [0.4, 0.5) is 5.82 Å². The number of phenols is 1. The Hall–Kier alpha value is -2.14. The van der Waals surface area contributed by atoms with Gasteiger partial charge < -0.3 is 10.4 Å². The van der Waals surface area contributed by atoms with E-state index in [9.17, 15) is 9.90 Å². The topological polar surface area (TPSA) is 75.1 Å². The van der Waals surface area contributed by atoms with E-state index >= 15 is 0 Å². The molecule has 1 heterocycles. The molecule has 1 amide bonds. The van der Waals surface area contributed by atoms with Crippen molar-refractivity contribution in [1.82, 2.24) is 10.2 Å². The average molecular weight is 264 g/mol. The van der Waals surface area contributed by atoms with Crippen LogP contribution in [-0.4, -0.2) is 21.2 Å². The van der Waals surface area contributed by atoms with Crippen LogP contribution in [0.2, 0.25) is 5.02 Å². The fraction of sp³-hybridized carbons (Fsp3) is 0.0833. The number of aromatic nitrogens is 2. The molecule has 0 bridgehead atoms. The van der Waals surface area contributed by atoms with E-state index in [1.54, 1.807) is 19.1 Å². The van der Waals surface area contributed by atoms with Crippen molar-refractivity contribution >= 4 is 23.3 Å². The molecule has 1 aromatic carbocycles. The lowest BCUT2D eigenvalue weighted by Gasteiger charge is -2.06. The van der Waals surface area contributed by atoms with Gasteiger partial charge in [0, 0.05) is 5.02 Å². The van der Waals surface area contributed by atoms with Crippen LogP contribution in [0.5, 0.6) is 5.75 Å². The Morgan fingerprint density at radius 2 is 2.06 bits per heavy atom. The molecule has 5 nitrogen and oxygen atoms in total. The summed E-state index contributed by atoms with van der Waals surface area (Å²) in [6, 6.07) is 7.59. The SMILES string of the molecule is Cc1ccc(NC(=O)c2cc(Cl)ccc2O)nn1. The summed E-state index contributed by atoms with van der Waals surface area (Å²) < 4.78 is 0. The number of hydrogen-bond acceptors (Lipinski definition) is 4. The van der Waals surface area contributed by atoms with Crippen LogP contribution >= 0.6 is 11.6 Å². The lowest BCUT2D eigenvalue weighted by Crippen LogP contribution is -2.13. The maximum absolute atomic E-state index is 11.9. The smallest absolute Gasteiger partial charge is 0.260 e. The molecule has 6 heteroatoms. The summed E-state index contributed by atoms with van der Waals surface area (Å²) in [5.41, 5.74) is 0.837. The molecule has 0 saturated heterocycles. The zero-order chi connectivity index (χ0) is 13.1. The van der Waals surface area contributed by atoms with Gasteiger partial charge in [0.15, 0.2) is 5.82 Å². The summed E-state index contributed by atoms with van der Waals surface area (Å²) in [4.78, 5) is 11.9. The fourth-order valence-electron chi connectivity index (χ4n) is 1.34. The van der Waals surface area contributed by atoms with Crippen molar-refractivity contribution in [2.75, 3.05) is 5.32 Å². The van der Waals surface area contributed by atoms with Crippen LogP contribution in [0.15, 0.2) is 30.3 Å². The normalized spacial score (nSPS) is 10.1. The van der Waals surface area contributed by atoms with Crippen molar-refractivity contribution in [2.45, 2.75) is 6.92 Å². The second-order valence-corrected chi connectivity index (χ2v) is 4.11. The first kappa shape index (κ1) is 12.3. The number of anilines is 1. The van der Waals surface area contributed by atoms with Gasteiger partial charge in [0.05, 0.1) is 11.3 Å². The van der Waals surface area contributed by atoms with Gasteiger partial charge in [-0.25, -0.2) is 0 Å². The number of nitrogens with one attached hydrogen (secondary N) is 1. The lowest BCUT2D eigenvalue weighted by atomic mass is 10.2. The van der Waals surface area contributed by atoms with E-state index in [-0.39, 0.29) is 11.3 Å². The third kappa shape index (κ3) is 2.75. The third-order valence-electron chi connectivity index (χ3n) is 2.24. The number of rotatable bonds is 2. The Morgan fingerprint density at radius 3 is 2.72 bits per heavy atom. The maximum atomic E-state index is 11.9. The van der Waals surface area contributed by atoms with Crippen LogP contribution in [-0.2, 0) is 0 Å². The summed E-state index contributed by atoms with van der Waals surface area (Å²) in [6.07, 6.45) is 0. The van der Waals surface area contributed by atoms with Gasteiger partial charge in [-0.3, -0.25) is 4.79 Å². The first-order valence-corrected chi connectivity index (χ1v) is 5.54. The number of phenolic OH excluding ortho intramolecular Hbond substituents is 1. The Bertz CT molecular complexity index is 584. The van der Waals surface area contributed by atoms with Gasteiger partial charge in [-0.15, -0.1) is 5.10 Å². The van der Waals surface area contributed by atoms with Crippen LogP contribution in [0.1, 0.15) is 16.1 Å². The third-order valence-corrected chi connectivity index (χ3v) is 2.48. The molecule has 0 unspecified atom stereocenters. The molecule has 0 aliphatic rings. The molecular weight excluding hydrogens is 254 g/mol. The molecule has 2 N–H and O–H groups in total. The minimum Gasteiger partial charge on any atom is -0.507 e. The van der Waals surface area contributed by atoms with Crippen LogP contribution in [0, 0.1) is 6.92 Å². The van der Waals surface area contributed by atoms with Crippen molar-refractivity contribution in [2.24, 2.45) is 0 Å². The number of benzene rings is 1. The second kappa shape index (κ2) is 5.01. The number of carbonyl (C=O) groups excluding carboxylic acids is 1. The first-order chi connectivity index (χ1) is 8.56. The Balaban J connectivity index is 2.21. The van der Waals surface area contributed by atoms with E-state index in [0.29, 0.717) is 10.8 Å². The maximum Gasteiger partial charge on any atom is 0.260 e. The molecular formula is C12H10ClN3O2. The highest BCUT2D eigenvalue weighted by molar-refractivity contribution is 6.31. The predicted octanol–water partition coefficient (Wildman–Crippen LogP) is 2.40. The van der Waals surface area contributed by atoms with Gasteiger partial charge in [0.2, 0.25) is 0 Å². The van der Waals surface area contributed by atoms with Crippen molar-refractivity contribution in [3.05, 3.63) is 46.6 Å². The van der Waals surface area contributed by atoms with E-state index in [1.807, 2.05) is 0 Å². The number of halogens is 1. The summed E-state index contributed by atoms with van der Waals surface area (Å²) in [5.74, 6) is -0.324. The average Bonchev–Trinajstić information content (AvgIpc) is 2.35. The quantitative estimate of drug-likeness (QED) is 0.872. The van der Waals surface area contributed by atoms with Crippen LogP contribution < -0.4 is 5.32 Å². The van der Waals surface area contributed by atoms with Gasteiger partial charge in [0.1, 0.15) is 5.75 Å². The van der Waals surface area contributed by atoms with Crippen LogP contribution in [0.25, 0.3) is 0 Å². The molecule has 0 fully saturated rings. The molecule has 1 aromatic heterocycles. The molecule has 2 rings (SSSR count). The molecule has 0 aliphatic heterocycles. The number of aromatic hydroxyl groups is 1. The highest BCUT2D eigenvalue weighted by Crippen LogP contribution is 2.22. The number of amides is 1. The summed E-state index contributed by atoms with van der Waals surface area (Å²) in [7, 11) is 0. The Labute approximate surface area is 108 Å². The molecule has 0 spiro atoms. The first-order valence-electron chi connectivity index (χ1n) is 5.16. The van der Waals surface area contributed by atoms with E-state index in [2.05, 4.69) is 15.5 Å². The van der Waals surface area contributed by atoms with Gasteiger partial charge in [-0.1, -0.05) is 11.6 Å². The number of aryl methyl sites for hydroxylation is 1. The van der Waals surface area contributed by atoms with Gasteiger partial charge in [0.25, 0.3) is 5.91 Å². The Morgan fingerprint density at radius 1 is 1.28 bits per heavy atom. The van der Waals surface area contributed by atoms with E-state index < -0.39 is 5.91 Å². The van der Waals surface area contributed by atoms with Gasteiger partial charge in [-0.2, -0.15) is 5.10 Å². The molecule has 0 atom stereocenters. The van der Waals surface area contributed by atoms with Crippen molar-refractivity contribution in [3.8, 4) is 5.75 Å². The summed E-state index contributed by atoms with van der Waals surface area (Å²) in [6.45, 7) is 1.79. The number of carbonyl (C=O) groups is 1. The molecule has 0 aliphatic carbocycles. The monoisotopic (exact) mass is 263 g/mol. The molecule has 0 radical (unpaired) electrons. The van der Waals surface area contributed by atoms with Gasteiger partial charge in [-0.05, 0) is 37.3 Å². The van der Waals surface area contributed by atoms with Crippen molar-refractivity contribution in [3.63, 3.8) is 0 Å². The zero-order valence-corrected chi connectivity index (χ0v) is 10.3. The molecule has 0 saturated carbocycles. The highest BCUT2D eigenvalue weighted by atomic mass is 35.5. The molecule has 18 heavy (non-hydrogen) atoms. The van der Waals surface area contributed by atoms with Crippen LogP contribution in [0.3, 0.4) is 0 Å². The molecule has 92 valence electrons. The lowest BCUT2D eigenvalue weighted by molar-refractivity contribution is 0.102. The fourth-order valence-corrected chi connectivity index (χ4v) is 1.51. The van der Waals surface area contributed by atoms with E-state index in [4.69, 9.17) is 11.6 Å². The Kier molecular flexibility index (Phi) is 3.43. The van der Waals surface area contributed by atoms with Gasteiger partial charge >= 0.3 is 0 Å². The highest BCUT2D eigenvalue weighted by Gasteiger charge is 2.12.